The van der Waals surface area contributed by atoms with Gasteiger partial charge in [0.1, 0.15) is 17.8 Å². The maximum absolute atomic E-state index is 14.8. The highest BCUT2D eigenvalue weighted by molar-refractivity contribution is 5.95. The molecule has 0 saturated carbocycles. The van der Waals surface area contributed by atoms with Gasteiger partial charge in [0.2, 0.25) is 0 Å². The third-order valence-corrected chi connectivity index (χ3v) is 4.83. The molecule has 1 aromatic heterocycles. The van der Waals surface area contributed by atoms with Gasteiger partial charge in [-0.25, -0.2) is 14.0 Å². The van der Waals surface area contributed by atoms with E-state index in [2.05, 4.69) is 0 Å². The average molecular weight is 444 g/mol. The number of rotatable bonds is 4. The van der Waals surface area contributed by atoms with Crippen molar-refractivity contribution in [2.75, 3.05) is 25.9 Å². The third-order valence-electron chi connectivity index (χ3n) is 4.83. The number of likely N-dealkylation sites (tertiary alicyclic amines) is 1. The summed E-state index contributed by atoms with van der Waals surface area (Å²) >= 11 is 0. The average Bonchev–Trinajstić information content (AvgIpc) is 3.32. The number of esters is 1. The second kappa shape index (κ2) is 8.78. The smallest absolute Gasteiger partial charge is 0.410 e. The molecule has 2 heterocycles. The molecule has 0 spiro atoms. The van der Waals surface area contributed by atoms with Crippen molar-refractivity contribution in [2.24, 2.45) is 0 Å². The van der Waals surface area contributed by atoms with E-state index in [1.165, 1.54) is 41.0 Å². The van der Waals surface area contributed by atoms with Gasteiger partial charge in [-0.05, 0) is 32.9 Å². The predicted molar refractivity (Wildman–Crippen MR) is 113 cm³/mol. The number of amides is 1. The number of methoxy groups -OCH3 is 1. The number of aromatic nitrogens is 1. The number of carbonyl (C=O) groups excluding carboxylic acids is 2. The molecule has 1 fully saturated rings. The number of carbonyl (C=O) groups is 2. The van der Waals surface area contributed by atoms with Crippen LogP contribution in [0.3, 0.4) is 0 Å². The number of hydrogen-bond acceptors (Lipinski definition) is 7. The first-order valence-corrected chi connectivity index (χ1v) is 9.97. The van der Waals surface area contributed by atoms with Gasteiger partial charge in [0.25, 0.3) is 0 Å². The van der Waals surface area contributed by atoms with E-state index in [0.29, 0.717) is 13.0 Å². The summed E-state index contributed by atoms with van der Waals surface area (Å²) in [4.78, 5) is 25.8. The lowest BCUT2D eigenvalue weighted by Gasteiger charge is -2.24. The number of nitrogens with two attached hydrogens (primary N) is 1. The first-order valence-electron chi connectivity index (χ1n) is 9.97. The summed E-state index contributed by atoms with van der Waals surface area (Å²) in [5.74, 6) is -1.41. The van der Waals surface area contributed by atoms with Gasteiger partial charge >= 0.3 is 12.1 Å². The van der Waals surface area contributed by atoms with Gasteiger partial charge in [-0.3, -0.25) is 0 Å². The zero-order valence-corrected chi connectivity index (χ0v) is 18.3. The van der Waals surface area contributed by atoms with E-state index in [-0.39, 0.29) is 41.0 Å². The summed E-state index contributed by atoms with van der Waals surface area (Å²) in [5.41, 5.74) is 5.49. The lowest BCUT2D eigenvalue weighted by molar-refractivity contribution is 0.0275. The standard InChI is InChI=1S/C22H25FN4O5/c1-22(2,3)32-21(29)26-8-7-15(12-26)31-17-6-5-14(9-16(17)23)27-11-13(10-24)18(25)19(27)20(28)30-4/h5-6,9,11,15H,7-8,12,25H2,1-4H3. The Balaban J connectivity index is 1.77. The molecule has 0 radical (unpaired) electrons. The van der Waals surface area contributed by atoms with Crippen molar-refractivity contribution in [2.45, 2.75) is 38.9 Å². The number of hydrogen-bond donors (Lipinski definition) is 1. The number of anilines is 1. The number of nitriles is 1. The molecular weight excluding hydrogens is 419 g/mol. The highest BCUT2D eigenvalue weighted by Crippen LogP contribution is 2.29. The van der Waals surface area contributed by atoms with Crippen LogP contribution in [0.2, 0.25) is 0 Å². The van der Waals surface area contributed by atoms with Crippen LogP contribution in [0.1, 0.15) is 43.2 Å². The molecule has 3 rings (SSSR count). The van der Waals surface area contributed by atoms with E-state index in [0.717, 1.165) is 0 Å². The summed E-state index contributed by atoms with van der Waals surface area (Å²) < 4.78 is 31.9. The largest absolute Gasteiger partial charge is 0.485 e. The first-order chi connectivity index (χ1) is 15.0. The fraction of sp³-hybridized carbons (Fsp3) is 0.409. The quantitative estimate of drug-likeness (QED) is 0.719. The molecule has 1 aliphatic rings. The molecular formula is C22H25FN4O5. The molecule has 1 atom stereocenters. The fourth-order valence-corrected chi connectivity index (χ4v) is 3.35. The Labute approximate surface area is 185 Å². The Morgan fingerprint density at radius 3 is 2.62 bits per heavy atom. The van der Waals surface area contributed by atoms with E-state index < -0.39 is 23.5 Å². The Morgan fingerprint density at radius 1 is 1.31 bits per heavy atom. The second-order valence-corrected chi connectivity index (χ2v) is 8.35. The monoisotopic (exact) mass is 444 g/mol. The SMILES string of the molecule is COC(=O)c1c(N)c(C#N)cn1-c1ccc(OC2CCN(C(=O)OC(C)(C)C)C2)c(F)c1. The van der Waals surface area contributed by atoms with Gasteiger partial charge in [-0.1, -0.05) is 0 Å². The molecule has 1 aromatic carbocycles. The first kappa shape index (κ1) is 22.9. The molecule has 32 heavy (non-hydrogen) atoms. The van der Waals surface area contributed by atoms with Crippen LogP contribution in [0.25, 0.3) is 5.69 Å². The van der Waals surface area contributed by atoms with E-state index in [9.17, 15) is 19.2 Å². The summed E-state index contributed by atoms with van der Waals surface area (Å²) in [7, 11) is 1.19. The summed E-state index contributed by atoms with van der Waals surface area (Å²) in [6.45, 7) is 6.09. The minimum absolute atomic E-state index is 0.00467. The van der Waals surface area contributed by atoms with Crippen LogP contribution in [-0.4, -0.2) is 53.4 Å². The summed E-state index contributed by atoms with van der Waals surface area (Å²) in [5, 5.41) is 9.21. The van der Waals surface area contributed by atoms with Crippen molar-refractivity contribution < 1.29 is 28.2 Å². The van der Waals surface area contributed by atoms with Gasteiger partial charge in [0.15, 0.2) is 17.3 Å². The molecule has 1 amide bonds. The van der Waals surface area contributed by atoms with Crippen molar-refractivity contribution in [3.8, 4) is 17.5 Å². The van der Waals surface area contributed by atoms with Gasteiger partial charge in [-0.15, -0.1) is 0 Å². The van der Waals surface area contributed by atoms with Crippen molar-refractivity contribution >= 4 is 17.7 Å². The molecule has 1 unspecified atom stereocenters. The highest BCUT2D eigenvalue weighted by Gasteiger charge is 2.31. The van der Waals surface area contributed by atoms with E-state index in [4.69, 9.17) is 19.9 Å². The van der Waals surface area contributed by atoms with Gasteiger partial charge < -0.3 is 29.4 Å². The third kappa shape index (κ3) is 4.77. The lowest BCUT2D eigenvalue weighted by Crippen LogP contribution is -2.36. The van der Waals surface area contributed by atoms with E-state index >= 15 is 0 Å². The maximum atomic E-state index is 14.8. The Hall–Kier alpha value is -3.74. The molecule has 10 heteroatoms. The van der Waals surface area contributed by atoms with Crippen LogP contribution < -0.4 is 10.5 Å². The highest BCUT2D eigenvalue weighted by atomic mass is 19.1. The molecule has 1 saturated heterocycles. The zero-order chi connectivity index (χ0) is 23.6. The van der Waals surface area contributed by atoms with Gasteiger partial charge in [0.05, 0.1) is 24.9 Å². The molecule has 2 aromatic rings. The normalized spacial score (nSPS) is 15.9. The van der Waals surface area contributed by atoms with E-state index in [1.807, 2.05) is 6.07 Å². The molecule has 0 bridgehead atoms. The van der Waals surface area contributed by atoms with Gasteiger partial charge in [0, 0.05) is 30.9 Å². The van der Waals surface area contributed by atoms with Crippen LogP contribution in [0.15, 0.2) is 24.4 Å². The number of ether oxygens (including phenoxy) is 3. The van der Waals surface area contributed by atoms with Gasteiger partial charge in [-0.2, -0.15) is 5.26 Å². The topological polar surface area (TPSA) is 120 Å². The predicted octanol–water partition coefficient (Wildman–Crippen LogP) is 3.25. The van der Waals surface area contributed by atoms with Crippen LogP contribution in [0.4, 0.5) is 14.9 Å². The van der Waals surface area contributed by atoms with Crippen molar-refractivity contribution in [3.05, 3.63) is 41.5 Å². The number of nitrogens with zero attached hydrogens (tertiary/aromatic N) is 3. The molecule has 170 valence electrons. The van der Waals surface area contributed by atoms with E-state index in [1.54, 1.807) is 20.8 Å². The van der Waals surface area contributed by atoms with Crippen molar-refractivity contribution in [1.82, 2.24) is 9.47 Å². The second-order valence-electron chi connectivity index (χ2n) is 8.35. The molecule has 2 N–H and O–H groups in total. The molecule has 9 nitrogen and oxygen atoms in total. The molecule has 0 aliphatic carbocycles. The van der Waals surface area contributed by atoms with Crippen molar-refractivity contribution in [1.29, 1.82) is 5.26 Å². The minimum Gasteiger partial charge on any atom is -0.485 e. The number of nitrogen functional groups attached to an aromatic ring is 1. The van der Waals surface area contributed by atoms with Crippen LogP contribution in [0, 0.1) is 17.1 Å². The lowest BCUT2D eigenvalue weighted by atomic mass is 10.2. The zero-order valence-electron chi connectivity index (χ0n) is 18.3. The Bertz CT molecular complexity index is 1080. The Morgan fingerprint density at radius 2 is 2.03 bits per heavy atom. The summed E-state index contributed by atoms with van der Waals surface area (Å²) in [6, 6.07) is 6.02. The number of benzene rings is 1. The number of halogens is 1. The summed E-state index contributed by atoms with van der Waals surface area (Å²) in [6.07, 6.45) is 1.05. The van der Waals surface area contributed by atoms with Crippen molar-refractivity contribution in [3.63, 3.8) is 0 Å². The van der Waals surface area contributed by atoms with Crippen LogP contribution >= 0.6 is 0 Å². The Kier molecular flexibility index (Phi) is 6.30. The minimum atomic E-state index is -0.752. The molecule has 1 aliphatic heterocycles. The maximum Gasteiger partial charge on any atom is 0.410 e. The van der Waals surface area contributed by atoms with Crippen LogP contribution in [-0.2, 0) is 9.47 Å². The fourth-order valence-electron chi connectivity index (χ4n) is 3.35. The van der Waals surface area contributed by atoms with Crippen LogP contribution in [0.5, 0.6) is 5.75 Å².